The molecule has 1 atom stereocenters. The van der Waals surface area contributed by atoms with Crippen molar-refractivity contribution in [3.05, 3.63) is 23.8 Å². The fraction of sp³-hybridized carbons (Fsp3) is 0.300. The highest BCUT2D eigenvalue weighted by Crippen LogP contribution is 2.30. The average Bonchev–Trinajstić information content (AvgIpc) is 2.30. The Balaban J connectivity index is 2.51. The minimum absolute atomic E-state index is 0.0216. The summed E-state index contributed by atoms with van der Waals surface area (Å²) in [6.45, 7) is 1.74. The first kappa shape index (κ1) is 9.89. The van der Waals surface area contributed by atoms with E-state index >= 15 is 0 Å². The van der Waals surface area contributed by atoms with Crippen LogP contribution in [0, 0.1) is 11.6 Å². The molecule has 15 heavy (non-hydrogen) atoms. The molecule has 1 heterocycles. The van der Waals surface area contributed by atoms with Gasteiger partial charge < -0.3 is 10.6 Å². The van der Waals surface area contributed by atoms with Crippen molar-refractivity contribution in [2.45, 2.75) is 19.4 Å². The van der Waals surface area contributed by atoms with Gasteiger partial charge in [-0.15, -0.1) is 0 Å². The Labute approximate surface area is 85.5 Å². The molecule has 1 aliphatic heterocycles. The molecule has 0 radical (unpaired) electrons. The van der Waals surface area contributed by atoms with Crippen LogP contribution in [0.2, 0.25) is 0 Å². The zero-order chi connectivity index (χ0) is 11.0. The molecule has 0 aromatic heterocycles. The van der Waals surface area contributed by atoms with Gasteiger partial charge in [0.15, 0.2) is 11.6 Å². The second kappa shape index (κ2) is 3.49. The summed E-state index contributed by atoms with van der Waals surface area (Å²) in [5.74, 6) is -2.09. The van der Waals surface area contributed by atoms with Crippen molar-refractivity contribution in [3.63, 3.8) is 0 Å². The molecule has 1 aromatic carbocycles. The van der Waals surface area contributed by atoms with E-state index in [0.29, 0.717) is 0 Å². The van der Waals surface area contributed by atoms with Crippen LogP contribution >= 0.6 is 0 Å². The number of hydrogen-bond donors (Lipinski definition) is 2. The maximum absolute atomic E-state index is 13.4. The second-order valence-electron chi connectivity index (χ2n) is 3.58. The Morgan fingerprint density at radius 1 is 1.40 bits per heavy atom. The van der Waals surface area contributed by atoms with E-state index in [2.05, 4.69) is 10.6 Å². The predicted octanol–water partition coefficient (Wildman–Crippen LogP) is 2.11. The number of halogens is 2. The highest BCUT2D eigenvalue weighted by molar-refractivity contribution is 5.96. The number of rotatable bonds is 0. The quantitative estimate of drug-likeness (QED) is 0.691. The molecule has 0 fully saturated rings. The molecular formula is C10H10F2N2O. The first-order valence-electron chi connectivity index (χ1n) is 4.62. The van der Waals surface area contributed by atoms with Crippen molar-refractivity contribution in [2.24, 2.45) is 0 Å². The third kappa shape index (κ3) is 1.77. The lowest BCUT2D eigenvalue weighted by molar-refractivity contribution is -0.116. The van der Waals surface area contributed by atoms with Crippen molar-refractivity contribution in [2.75, 3.05) is 10.6 Å². The van der Waals surface area contributed by atoms with Gasteiger partial charge in [-0.3, -0.25) is 4.79 Å². The molecule has 0 spiro atoms. The van der Waals surface area contributed by atoms with Crippen molar-refractivity contribution in [1.29, 1.82) is 0 Å². The molecule has 5 heteroatoms. The van der Waals surface area contributed by atoms with Gasteiger partial charge in [-0.1, -0.05) is 0 Å². The summed E-state index contributed by atoms with van der Waals surface area (Å²) >= 11 is 0. The number of benzene rings is 1. The number of amides is 1. The highest BCUT2D eigenvalue weighted by Gasteiger charge is 2.21. The van der Waals surface area contributed by atoms with Gasteiger partial charge in [-0.05, 0) is 19.1 Å². The Bertz CT molecular complexity index is 420. The molecule has 1 amide bonds. The molecule has 0 saturated carbocycles. The van der Waals surface area contributed by atoms with Crippen LogP contribution in [0.15, 0.2) is 12.1 Å². The van der Waals surface area contributed by atoms with Gasteiger partial charge in [0, 0.05) is 12.5 Å². The lowest BCUT2D eigenvalue weighted by Crippen LogP contribution is -2.19. The van der Waals surface area contributed by atoms with E-state index in [1.165, 1.54) is 6.07 Å². The summed E-state index contributed by atoms with van der Waals surface area (Å²) < 4.78 is 26.3. The largest absolute Gasteiger partial charge is 0.378 e. The molecule has 1 aromatic rings. The van der Waals surface area contributed by atoms with Crippen LogP contribution in [0.1, 0.15) is 13.3 Å². The number of fused-ring (bicyclic) bond motifs is 1. The Hall–Kier alpha value is -1.65. The number of carbonyl (C=O) groups excluding carboxylic acids is 1. The Kier molecular flexibility index (Phi) is 2.30. The third-order valence-corrected chi connectivity index (χ3v) is 2.25. The molecule has 3 nitrogen and oxygen atoms in total. The van der Waals surface area contributed by atoms with Crippen molar-refractivity contribution in [1.82, 2.24) is 0 Å². The van der Waals surface area contributed by atoms with Gasteiger partial charge in [0.25, 0.3) is 0 Å². The predicted molar refractivity (Wildman–Crippen MR) is 52.7 cm³/mol. The van der Waals surface area contributed by atoms with Crippen LogP contribution in [0.5, 0.6) is 0 Å². The zero-order valence-electron chi connectivity index (χ0n) is 8.10. The smallest absolute Gasteiger partial charge is 0.226 e. The zero-order valence-corrected chi connectivity index (χ0v) is 8.10. The van der Waals surface area contributed by atoms with E-state index in [-0.39, 0.29) is 29.7 Å². The molecule has 0 aliphatic carbocycles. The van der Waals surface area contributed by atoms with Crippen LogP contribution in [-0.2, 0) is 4.79 Å². The summed E-state index contributed by atoms with van der Waals surface area (Å²) in [6, 6.07) is 2.12. The summed E-state index contributed by atoms with van der Waals surface area (Å²) in [7, 11) is 0. The molecule has 2 rings (SSSR count). The van der Waals surface area contributed by atoms with Crippen LogP contribution < -0.4 is 10.6 Å². The van der Waals surface area contributed by atoms with Crippen molar-refractivity contribution < 1.29 is 13.6 Å². The minimum atomic E-state index is -0.957. The van der Waals surface area contributed by atoms with Crippen molar-refractivity contribution in [3.8, 4) is 0 Å². The first-order valence-corrected chi connectivity index (χ1v) is 4.62. The van der Waals surface area contributed by atoms with Crippen molar-refractivity contribution >= 4 is 17.3 Å². The van der Waals surface area contributed by atoms with Crippen LogP contribution in [0.3, 0.4) is 0 Å². The molecule has 2 N–H and O–H groups in total. The molecule has 1 unspecified atom stereocenters. The van der Waals surface area contributed by atoms with E-state index < -0.39 is 11.6 Å². The minimum Gasteiger partial charge on any atom is -0.378 e. The number of anilines is 2. The number of nitrogens with one attached hydrogen (secondary N) is 2. The van der Waals surface area contributed by atoms with Gasteiger partial charge in [0.05, 0.1) is 11.4 Å². The van der Waals surface area contributed by atoms with Crippen LogP contribution in [0.4, 0.5) is 20.2 Å². The van der Waals surface area contributed by atoms with Gasteiger partial charge in [-0.2, -0.15) is 0 Å². The molecule has 0 bridgehead atoms. The molecular weight excluding hydrogens is 202 g/mol. The van der Waals surface area contributed by atoms with E-state index in [4.69, 9.17) is 0 Å². The summed E-state index contributed by atoms with van der Waals surface area (Å²) in [6.07, 6.45) is 0.232. The lowest BCUT2D eigenvalue weighted by atomic mass is 10.2. The van der Waals surface area contributed by atoms with Gasteiger partial charge >= 0.3 is 0 Å². The number of hydrogen-bond acceptors (Lipinski definition) is 2. The van der Waals surface area contributed by atoms with Crippen LogP contribution in [0.25, 0.3) is 0 Å². The van der Waals surface area contributed by atoms with Gasteiger partial charge in [0.2, 0.25) is 5.91 Å². The average molecular weight is 212 g/mol. The van der Waals surface area contributed by atoms with Crippen LogP contribution in [-0.4, -0.2) is 11.9 Å². The summed E-state index contributed by atoms with van der Waals surface area (Å²) in [4.78, 5) is 11.3. The molecule has 1 aliphatic rings. The monoisotopic (exact) mass is 212 g/mol. The fourth-order valence-corrected chi connectivity index (χ4v) is 1.57. The van der Waals surface area contributed by atoms with E-state index in [0.717, 1.165) is 6.07 Å². The maximum atomic E-state index is 13.4. The lowest BCUT2D eigenvalue weighted by Gasteiger charge is -2.12. The SMILES string of the molecule is CC1CC(=O)Nc2ccc(F)c(F)c2N1. The second-order valence-corrected chi connectivity index (χ2v) is 3.58. The van der Waals surface area contributed by atoms with E-state index in [1.54, 1.807) is 6.92 Å². The Morgan fingerprint density at radius 3 is 2.87 bits per heavy atom. The third-order valence-electron chi connectivity index (χ3n) is 2.25. The maximum Gasteiger partial charge on any atom is 0.226 e. The fourth-order valence-electron chi connectivity index (χ4n) is 1.57. The standard InChI is InChI=1S/C10H10F2N2O/c1-5-4-8(15)14-7-3-2-6(11)9(12)10(7)13-5/h2-3,5,13H,4H2,1H3,(H,14,15). The van der Waals surface area contributed by atoms with E-state index in [9.17, 15) is 13.6 Å². The van der Waals surface area contributed by atoms with E-state index in [1.807, 2.05) is 0 Å². The highest BCUT2D eigenvalue weighted by atomic mass is 19.2. The Morgan fingerprint density at radius 2 is 2.13 bits per heavy atom. The summed E-state index contributed by atoms with van der Waals surface area (Å²) in [5, 5.41) is 5.28. The first-order chi connectivity index (χ1) is 7.08. The normalized spacial score (nSPS) is 19.9. The topological polar surface area (TPSA) is 41.1 Å². The number of carbonyl (C=O) groups is 1. The molecule has 80 valence electrons. The van der Waals surface area contributed by atoms with Gasteiger partial charge in [0.1, 0.15) is 0 Å². The van der Waals surface area contributed by atoms with Gasteiger partial charge in [-0.25, -0.2) is 8.78 Å². The molecule has 0 saturated heterocycles. The summed E-state index contributed by atoms with van der Waals surface area (Å²) in [5.41, 5.74) is 0.302.